The normalized spacial score (nSPS) is 35.6. The van der Waals surface area contributed by atoms with Crippen molar-refractivity contribution >= 4 is 5.91 Å². The summed E-state index contributed by atoms with van der Waals surface area (Å²) < 4.78 is 0. The minimum absolute atomic E-state index is 0.133. The highest BCUT2D eigenvalue weighted by Crippen LogP contribution is 2.40. The van der Waals surface area contributed by atoms with Crippen molar-refractivity contribution in [2.75, 3.05) is 13.1 Å². The number of aliphatic hydroxyl groups excluding tert-OH is 1. The Kier molecular flexibility index (Phi) is 2.27. The van der Waals surface area contributed by atoms with Crippen molar-refractivity contribution in [3.8, 4) is 0 Å². The molecule has 0 aromatic carbocycles. The lowest BCUT2D eigenvalue weighted by Crippen LogP contribution is -2.63. The van der Waals surface area contributed by atoms with Gasteiger partial charge in [0.2, 0.25) is 5.91 Å². The molecule has 2 rings (SSSR count). The molecule has 80 valence electrons. The van der Waals surface area contributed by atoms with E-state index in [2.05, 4.69) is 10.6 Å². The van der Waals surface area contributed by atoms with Crippen LogP contribution in [0.4, 0.5) is 0 Å². The predicted molar refractivity (Wildman–Crippen MR) is 52.7 cm³/mol. The second-order valence-electron chi connectivity index (χ2n) is 4.99. The summed E-state index contributed by atoms with van der Waals surface area (Å²) in [4.78, 5) is 11.6. The molecule has 1 saturated heterocycles. The molecule has 1 aliphatic heterocycles. The third-order valence-corrected chi connectivity index (χ3v) is 3.68. The number of amides is 1. The molecule has 0 spiro atoms. The van der Waals surface area contributed by atoms with Crippen LogP contribution in [0.25, 0.3) is 0 Å². The van der Waals surface area contributed by atoms with Gasteiger partial charge < -0.3 is 15.7 Å². The average molecular weight is 198 g/mol. The van der Waals surface area contributed by atoms with Crippen molar-refractivity contribution < 1.29 is 9.90 Å². The Morgan fingerprint density at radius 3 is 2.50 bits per heavy atom. The molecular weight excluding hydrogens is 180 g/mol. The summed E-state index contributed by atoms with van der Waals surface area (Å²) in [5.74, 6) is 0.275. The Morgan fingerprint density at radius 1 is 1.50 bits per heavy atom. The van der Waals surface area contributed by atoms with Gasteiger partial charge in [-0.05, 0) is 6.42 Å². The van der Waals surface area contributed by atoms with E-state index < -0.39 is 0 Å². The Morgan fingerprint density at radius 2 is 2.14 bits per heavy atom. The van der Waals surface area contributed by atoms with E-state index in [0.29, 0.717) is 6.42 Å². The van der Waals surface area contributed by atoms with Gasteiger partial charge in [0.15, 0.2) is 0 Å². The largest absolute Gasteiger partial charge is 0.392 e. The molecule has 1 heterocycles. The van der Waals surface area contributed by atoms with E-state index in [0.717, 1.165) is 13.1 Å². The zero-order valence-electron chi connectivity index (χ0n) is 8.71. The first kappa shape index (κ1) is 9.93. The van der Waals surface area contributed by atoms with Crippen LogP contribution in [0.3, 0.4) is 0 Å². The fraction of sp³-hybridized carbons (Fsp3) is 0.900. The fourth-order valence-corrected chi connectivity index (χ4v) is 1.91. The maximum atomic E-state index is 11.6. The van der Waals surface area contributed by atoms with Crippen LogP contribution in [0.1, 0.15) is 20.3 Å². The molecule has 0 aromatic heterocycles. The van der Waals surface area contributed by atoms with Gasteiger partial charge >= 0.3 is 0 Å². The highest BCUT2D eigenvalue weighted by molar-refractivity contribution is 5.80. The minimum Gasteiger partial charge on any atom is -0.392 e. The lowest BCUT2D eigenvalue weighted by molar-refractivity contribution is -0.134. The highest BCUT2D eigenvalue weighted by atomic mass is 16.3. The molecule has 4 heteroatoms. The first-order valence-electron chi connectivity index (χ1n) is 5.21. The van der Waals surface area contributed by atoms with E-state index in [-0.39, 0.29) is 29.4 Å². The molecule has 1 amide bonds. The van der Waals surface area contributed by atoms with E-state index in [1.165, 1.54) is 0 Å². The quantitative estimate of drug-likeness (QED) is 0.559. The number of hydrogen-bond donors (Lipinski definition) is 3. The van der Waals surface area contributed by atoms with E-state index in [1.54, 1.807) is 0 Å². The SMILES string of the molecule is CC1(C)C(O)CC1NC(=O)C1CNC1. The maximum absolute atomic E-state index is 11.6. The molecule has 1 aliphatic carbocycles. The van der Waals surface area contributed by atoms with Crippen LogP contribution in [-0.2, 0) is 4.79 Å². The summed E-state index contributed by atoms with van der Waals surface area (Å²) in [5, 5.41) is 15.6. The smallest absolute Gasteiger partial charge is 0.225 e. The van der Waals surface area contributed by atoms with Gasteiger partial charge in [0.25, 0.3) is 0 Å². The standard InChI is InChI=1S/C10H18N2O2/c1-10(2)7(3-8(10)13)12-9(14)6-4-11-5-6/h6-8,11,13H,3-5H2,1-2H3,(H,12,14). The van der Waals surface area contributed by atoms with E-state index in [9.17, 15) is 9.90 Å². The molecule has 2 atom stereocenters. The van der Waals surface area contributed by atoms with Gasteiger partial charge in [-0.3, -0.25) is 4.79 Å². The van der Waals surface area contributed by atoms with Gasteiger partial charge in [-0.15, -0.1) is 0 Å². The van der Waals surface area contributed by atoms with Crippen LogP contribution >= 0.6 is 0 Å². The zero-order valence-corrected chi connectivity index (χ0v) is 8.71. The van der Waals surface area contributed by atoms with Crippen molar-refractivity contribution in [1.82, 2.24) is 10.6 Å². The Labute approximate surface area is 84.1 Å². The summed E-state index contributed by atoms with van der Waals surface area (Å²) in [5.41, 5.74) is -0.160. The van der Waals surface area contributed by atoms with Gasteiger partial charge in [-0.25, -0.2) is 0 Å². The average Bonchev–Trinajstić information content (AvgIpc) is 2.00. The monoisotopic (exact) mass is 198 g/mol. The van der Waals surface area contributed by atoms with E-state index in [4.69, 9.17) is 0 Å². The van der Waals surface area contributed by atoms with Crippen LogP contribution in [-0.4, -0.2) is 36.2 Å². The molecule has 4 nitrogen and oxygen atoms in total. The summed E-state index contributed by atoms with van der Waals surface area (Å²) in [7, 11) is 0. The Hall–Kier alpha value is -0.610. The zero-order chi connectivity index (χ0) is 10.3. The van der Waals surface area contributed by atoms with E-state index in [1.807, 2.05) is 13.8 Å². The van der Waals surface area contributed by atoms with Crippen molar-refractivity contribution in [2.45, 2.75) is 32.4 Å². The first-order chi connectivity index (χ1) is 6.51. The molecule has 2 aliphatic rings. The van der Waals surface area contributed by atoms with Gasteiger partial charge in [0.05, 0.1) is 12.0 Å². The molecule has 1 saturated carbocycles. The molecular formula is C10H18N2O2. The first-order valence-corrected chi connectivity index (χ1v) is 5.21. The van der Waals surface area contributed by atoms with Gasteiger partial charge in [0, 0.05) is 24.5 Å². The predicted octanol–water partition coefficient (Wildman–Crippen LogP) is -0.519. The van der Waals surface area contributed by atoms with E-state index >= 15 is 0 Å². The van der Waals surface area contributed by atoms with Crippen molar-refractivity contribution in [1.29, 1.82) is 0 Å². The molecule has 14 heavy (non-hydrogen) atoms. The molecule has 0 radical (unpaired) electrons. The molecule has 2 fully saturated rings. The Bertz CT molecular complexity index is 249. The second kappa shape index (κ2) is 3.21. The minimum atomic E-state index is -0.271. The van der Waals surface area contributed by atoms with Crippen LogP contribution in [0.2, 0.25) is 0 Å². The van der Waals surface area contributed by atoms with Gasteiger partial charge in [-0.1, -0.05) is 13.8 Å². The molecule has 3 N–H and O–H groups in total. The summed E-state index contributed by atoms with van der Waals surface area (Å²) in [6.07, 6.45) is 0.422. The summed E-state index contributed by atoms with van der Waals surface area (Å²) in [6, 6.07) is 0.144. The number of carbonyl (C=O) groups is 1. The second-order valence-corrected chi connectivity index (χ2v) is 4.99. The maximum Gasteiger partial charge on any atom is 0.225 e. The topological polar surface area (TPSA) is 61.4 Å². The number of rotatable bonds is 2. The summed E-state index contributed by atoms with van der Waals surface area (Å²) >= 11 is 0. The van der Waals surface area contributed by atoms with Crippen molar-refractivity contribution in [3.05, 3.63) is 0 Å². The van der Waals surface area contributed by atoms with Crippen LogP contribution in [0.15, 0.2) is 0 Å². The lowest BCUT2D eigenvalue weighted by atomic mass is 9.64. The lowest BCUT2D eigenvalue weighted by Gasteiger charge is -2.50. The Balaban J connectivity index is 1.83. The number of carbonyl (C=O) groups excluding carboxylic acids is 1. The molecule has 0 bridgehead atoms. The third kappa shape index (κ3) is 1.42. The van der Waals surface area contributed by atoms with Crippen molar-refractivity contribution in [2.24, 2.45) is 11.3 Å². The fourth-order valence-electron chi connectivity index (χ4n) is 1.91. The number of aliphatic hydroxyl groups is 1. The van der Waals surface area contributed by atoms with Gasteiger partial charge in [-0.2, -0.15) is 0 Å². The summed E-state index contributed by atoms with van der Waals surface area (Å²) in [6.45, 7) is 5.57. The van der Waals surface area contributed by atoms with Crippen LogP contribution in [0, 0.1) is 11.3 Å². The third-order valence-electron chi connectivity index (χ3n) is 3.68. The van der Waals surface area contributed by atoms with Gasteiger partial charge in [0.1, 0.15) is 0 Å². The highest BCUT2D eigenvalue weighted by Gasteiger charge is 2.48. The van der Waals surface area contributed by atoms with Crippen LogP contribution in [0.5, 0.6) is 0 Å². The van der Waals surface area contributed by atoms with Crippen molar-refractivity contribution in [3.63, 3.8) is 0 Å². The van der Waals surface area contributed by atoms with Crippen LogP contribution < -0.4 is 10.6 Å². The molecule has 2 unspecified atom stereocenters. The number of hydrogen-bond acceptors (Lipinski definition) is 3. The molecule has 0 aromatic rings. The number of nitrogens with one attached hydrogen (secondary N) is 2.